The van der Waals surface area contributed by atoms with Crippen LogP contribution in [0.25, 0.3) is 10.8 Å². The van der Waals surface area contributed by atoms with Crippen LogP contribution in [0.15, 0.2) is 73.3 Å². The molecule has 4 aromatic rings. The smallest absolute Gasteiger partial charge is 0.261 e. The Kier molecular flexibility index (Phi) is 7.37. The minimum absolute atomic E-state index is 0.315. The van der Waals surface area contributed by atoms with Crippen LogP contribution < -0.4 is 9.13 Å². The van der Waals surface area contributed by atoms with Gasteiger partial charge in [-0.2, -0.15) is 0 Å². The first kappa shape index (κ1) is 27.4. The maximum atomic E-state index is 13.5. The van der Waals surface area contributed by atoms with Crippen molar-refractivity contribution in [1.29, 1.82) is 0 Å². The Bertz CT molecular complexity index is 1530. The van der Waals surface area contributed by atoms with Crippen molar-refractivity contribution >= 4 is 34.4 Å². The molecule has 4 amide bonds. The van der Waals surface area contributed by atoms with Crippen LogP contribution in [0.5, 0.6) is 0 Å². The second-order valence-corrected chi connectivity index (χ2v) is 11.3. The van der Waals surface area contributed by atoms with Gasteiger partial charge in [-0.05, 0) is 73.9 Å². The molecule has 42 heavy (non-hydrogen) atoms. The summed E-state index contributed by atoms with van der Waals surface area (Å²) in [7, 11) is 3.95. The number of imide groups is 2. The second-order valence-electron chi connectivity index (χ2n) is 11.3. The summed E-state index contributed by atoms with van der Waals surface area (Å²) in [6.07, 6.45) is 12.8. The lowest BCUT2D eigenvalue weighted by Crippen LogP contribution is -2.43. The molecule has 2 aromatic carbocycles. The van der Waals surface area contributed by atoms with Crippen molar-refractivity contribution in [2.75, 3.05) is 13.1 Å². The van der Waals surface area contributed by atoms with Gasteiger partial charge in [0.1, 0.15) is 14.1 Å². The maximum Gasteiger partial charge on any atom is 0.261 e. The van der Waals surface area contributed by atoms with Crippen molar-refractivity contribution in [2.45, 2.75) is 38.5 Å². The third-order valence-corrected chi connectivity index (χ3v) is 8.35. The molecule has 4 heterocycles. The van der Waals surface area contributed by atoms with Gasteiger partial charge in [0, 0.05) is 70.4 Å². The fourth-order valence-electron chi connectivity index (χ4n) is 5.98. The Labute approximate surface area is 244 Å². The van der Waals surface area contributed by atoms with E-state index >= 15 is 0 Å². The number of benzene rings is 2. The summed E-state index contributed by atoms with van der Waals surface area (Å²) in [6.45, 7) is 0.631. The number of unbranched alkanes of at least 4 members (excludes halogenated alkanes) is 2. The molecule has 0 bridgehead atoms. The third-order valence-electron chi connectivity index (χ3n) is 8.35. The highest BCUT2D eigenvalue weighted by Gasteiger charge is 2.39. The maximum absolute atomic E-state index is 13.5. The van der Waals surface area contributed by atoms with Crippen LogP contribution in [-0.2, 0) is 26.9 Å². The lowest BCUT2D eigenvalue weighted by molar-refractivity contribution is -0.671. The Morgan fingerprint density at radius 2 is 0.786 bits per heavy atom. The van der Waals surface area contributed by atoms with Gasteiger partial charge < -0.3 is 0 Å². The lowest BCUT2D eigenvalue weighted by atomic mass is 9.86. The summed E-state index contributed by atoms with van der Waals surface area (Å²) in [5.41, 5.74) is 3.89. The van der Waals surface area contributed by atoms with Crippen LogP contribution in [0.2, 0.25) is 0 Å². The van der Waals surface area contributed by atoms with E-state index in [2.05, 4.69) is 24.3 Å². The first-order chi connectivity index (χ1) is 20.3. The molecule has 2 aliphatic heterocycles. The van der Waals surface area contributed by atoms with Crippen molar-refractivity contribution in [3.05, 3.63) is 107 Å². The van der Waals surface area contributed by atoms with Crippen LogP contribution >= 0.6 is 0 Å². The number of hydrogen-bond acceptors (Lipinski definition) is 4. The molecule has 0 saturated carbocycles. The molecule has 0 atom stereocenters. The standard InChI is InChI=1S/C34H34N4O4/c1-35-19-13-23(14-20-35)7-3-5-17-37-31(39)25-9-11-27-30-28(12-10-26(29(25)30)32(37)40)34(42)38(33(27)41)18-6-4-8-24-15-21-36(2)22-16-24/h9-16,19-22H,3-8,17-18H2,1-2H3/q+2. The molecule has 8 nitrogen and oxygen atoms in total. The van der Waals surface area contributed by atoms with Gasteiger partial charge in [0.15, 0.2) is 24.8 Å². The molecule has 6 rings (SSSR count). The molecule has 2 aromatic heterocycles. The number of rotatable bonds is 10. The molecule has 0 unspecified atom stereocenters. The van der Waals surface area contributed by atoms with Crippen LogP contribution in [-0.4, -0.2) is 46.5 Å². The average Bonchev–Trinajstić information content (AvgIpc) is 2.99. The van der Waals surface area contributed by atoms with Crippen molar-refractivity contribution in [3.63, 3.8) is 0 Å². The van der Waals surface area contributed by atoms with Gasteiger partial charge in [-0.15, -0.1) is 0 Å². The predicted octanol–water partition coefficient (Wildman–Crippen LogP) is 3.73. The van der Waals surface area contributed by atoms with E-state index in [-0.39, 0.29) is 23.6 Å². The summed E-state index contributed by atoms with van der Waals surface area (Å²) in [5, 5.41) is 0.846. The number of aryl methyl sites for hydroxylation is 4. The average molecular weight is 563 g/mol. The number of carbonyl (C=O) groups is 4. The topological polar surface area (TPSA) is 82.5 Å². The van der Waals surface area contributed by atoms with E-state index in [1.54, 1.807) is 24.3 Å². The number of nitrogens with zero attached hydrogens (tertiary/aromatic N) is 4. The van der Waals surface area contributed by atoms with Gasteiger partial charge in [0.05, 0.1) is 0 Å². The number of hydrogen-bond donors (Lipinski definition) is 0. The van der Waals surface area contributed by atoms with E-state index in [1.165, 1.54) is 20.9 Å². The molecule has 212 valence electrons. The first-order valence-corrected chi connectivity index (χ1v) is 14.5. The summed E-state index contributed by atoms with van der Waals surface area (Å²) in [4.78, 5) is 56.6. The zero-order valence-electron chi connectivity index (χ0n) is 24.0. The molecular weight excluding hydrogens is 528 g/mol. The number of carbonyl (C=O) groups excluding carboxylic acids is 4. The minimum atomic E-state index is -0.375. The minimum Gasteiger partial charge on any atom is -0.274 e. The van der Waals surface area contributed by atoms with E-state index in [4.69, 9.17) is 0 Å². The summed E-state index contributed by atoms with van der Waals surface area (Å²) in [6, 6.07) is 14.8. The van der Waals surface area contributed by atoms with Crippen molar-refractivity contribution in [1.82, 2.24) is 9.80 Å². The third kappa shape index (κ3) is 4.98. The Balaban J connectivity index is 1.17. The first-order valence-electron chi connectivity index (χ1n) is 14.5. The Morgan fingerprint density at radius 3 is 1.10 bits per heavy atom. The highest BCUT2D eigenvalue weighted by molar-refractivity contribution is 6.33. The lowest BCUT2D eigenvalue weighted by Gasteiger charge is -2.32. The SMILES string of the molecule is C[n+]1ccc(CCCCN2C(=O)c3ccc4c5c(ccc(c35)C2=O)C(=O)N(CCCCc2cc[n+](C)cc2)C4=O)cc1. The van der Waals surface area contributed by atoms with E-state index < -0.39 is 0 Å². The zero-order valence-corrected chi connectivity index (χ0v) is 24.0. The molecule has 2 aliphatic rings. The molecule has 0 spiro atoms. The largest absolute Gasteiger partial charge is 0.274 e. The van der Waals surface area contributed by atoms with Crippen molar-refractivity contribution in [2.24, 2.45) is 14.1 Å². The fourth-order valence-corrected chi connectivity index (χ4v) is 5.98. The molecule has 8 heteroatoms. The quantitative estimate of drug-likeness (QED) is 0.168. The van der Waals surface area contributed by atoms with Crippen LogP contribution in [0.4, 0.5) is 0 Å². The summed E-state index contributed by atoms with van der Waals surface area (Å²) in [5.74, 6) is -1.50. The van der Waals surface area contributed by atoms with Gasteiger partial charge in [-0.1, -0.05) is 0 Å². The zero-order chi connectivity index (χ0) is 29.4. The van der Waals surface area contributed by atoms with Crippen molar-refractivity contribution in [3.8, 4) is 0 Å². The highest BCUT2D eigenvalue weighted by atomic mass is 16.2. The molecule has 0 N–H and O–H groups in total. The Morgan fingerprint density at radius 1 is 0.476 bits per heavy atom. The molecule has 0 fully saturated rings. The molecule has 0 radical (unpaired) electrons. The molecular formula is C34H34N4O4+2. The van der Waals surface area contributed by atoms with E-state index in [0.29, 0.717) is 59.0 Å². The van der Waals surface area contributed by atoms with Gasteiger partial charge in [0.2, 0.25) is 0 Å². The van der Waals surface area contributed by atoms with E-state index in [1.807, 2.05) is 48.0 Å². The highest BCUT2D eigenvalue weighted by Crippen LogP contribution is 2.38. The van der Waals surface area contributed by atoms with Gasteiger partial charge in [-0.3, -0.25) is 29.0 Å². The van der Waals surface area contributed by atoms with Gasteiger partial charge in [0.25, 0.3) is 23.6 Å². The van der Waals surface area contributed by atoms with Crippen LogP contribution in [0.1, 0.15) is 78.2 Å². The summed E-state index contributed by atoms with van der Waals surface area (Å²) < 4.78 is 3.96. The van der Waals surface area contributed by atoms with E-state index in [9.17, 15) is 19.2 Å². The van der Waals surface area contributed by atoms with Gasteiger partial charge >= 0.3 is 0 Å². The number of amides is 4. The number of pyridine rings is 2. The van der Waals surface area contributed by atoms with Crippen molar-refractivity contribution < 1.29 is 28.3 Å². The van der Waals surface area contributed by atoms with Gasteiger partial charge in [-0.25, -0.2) is 9.13 Å². The van der Waals surface area contributed by atoms with E-state index in [0.717, 1.165) is 25.7 Å². The van der Waals surface area contributed by atoms with Crippen LogP contribution in [0, 0.1) is 0 Å². The number of aromatic nitrogens is 2. The molecule has 0 saturated heterocycles. The summed E-state index contributed by atoms with van der Waals surface area (Å²) >= 11 is 0. The Hall–Kier alpha value is -4.72. The molecule has 0 aliphatic carbocycles. The van der Waals surface area contributed by atoms with Crippen LogP contribution in [0.3, 0.4) is 0 Å². The predicted molar refractivity (Wildman–Crippen MR) is 156 cm³/mol. The monoisotopic (exact) mass is 562 g/mol. The normalized spacial score (nSPS) is 14.3. The fraction of sp³-hybridized carbons (Fsp3) is 0.294. The second kappa shape index (κ2) is 11.3.